The Hall–Kier alpha value is -1.99. The number of nitrogens with one attached hydrogen (secondary N) is 1. The van der Waals surface area contributed by atoms with E-state index in [1.165, 1.54) is 17.3 Å². The van der Waals surface area contributed by atoms with Crippen molar-refractivity contribution in [3.8, 4) is 11.5 Å². The van der Waals surface area contributed by atoms with E-state index in [1.54, 1.807) is 6.21 Å². The third kappa shape index (κ3) is 4.52. The fourth-order valence-electron chi connectivity index (χ4n) is 2.07. The van der Waals surface area contributed by atoms with Crippen LogP contribution in [0.2, 0.25) is 0 Å². The number of ether oxygens (including phenoxy) is 2. The highest BCUT2D eigenvalue weighted by molar-refractivity contribution is 9.10. The Balaban J connectivity index is 1.43. The van der Waals surface area contributed by atoms with Gasteiger partial charge in [-0.15, -0.1) is 11.8 Å². The van der Waals surface area contributed by atoms with Crippen molar-refractivity contribution in [3.05, 3.63) is 58.1 Å². The van der Waals surface area contributed by atoms with Gasteiger partial charge in [-0.1, -0.05) is 34.1 Å². The molecule has 2 aromatic rings. The van der Waals surface area contributed by atoms with Crippen LogP contribution in [0.4, 0.5) is 0 Å². The lowest BCUT2D eigenvalue weighted by molar-refractivity contribution is -0.118. The topological polar surface area (TPSA) is 59.9 Å². The van der Waals surface area contributed by atoms with Crippen LogP contribution in [0.3, 0.4) is 0 Å². The van der Waals surface area contributed by atoms with E-state index in [-0.39, 0.29) is 12.7 Å². The first-order valence-electron chi connectivity index (χ1n) is 7.25. The number of halogens is 1. The van der Waals surface area contributed by atoms with E-state index < -0.39 is 0 Å². The second kappa shape index (κ2) is 8.21. The molecule has 0 bridgehead atoms. The summed E-state index contributed by atoms with van der Waals surface area (Å²) in [6.07, 6.45) is 1.58. The van der Waals surface area contributed by atoms with Crippen LogP contribution < -0.4 is 14.9 Å². The molecule has 0 saturated carbocycles. The monoisotopic (exact) mass is 406 g/mol. The minimum atomic E-state index is -0.135. The molecule has 1 aliphatic rings. The molecule has 2 aromatic carbocycles. The predicted molar refractivity (Wildman–Crippen MR) is 98.6 cm³/mol. The largest absolute Gasteiger partial charge is 0.454 e. The normalized spacial score (nSPS) is 12.5. The lowest BCUT2D eigenvalue weighted by Gasteiger charge is -2.03. The molecule has 3 rings (SSSR count). The molecule has 1 amide bonds. The van der Waals surface area contributed by atoms with Crippen LogP contribution in [0.5, 0.6) is 11.5 Å². The van der Waals surface area contributed by atoms with Crippen molar-refractivity contribution >= 4 is 39.8 Å². The standard InChI is InChI=1S/C17H15BrN2O3S/c18-14-4-2-1-3-13(14)9-24-10-17(21)20-19-8-12-5-6-15-16(7-12)23-11-22-15/h1-8H,9-11H2,(H,20,21). The number of nitrogens with zero attached hydrogens (tertiary/aromatic N) is 1. The van der Waals surface area contributed by atoms with E-state index in [0.29, 0.717) is 11.5 Å². The summed E-state index contributed by atoms with van der Waals surface area (Å²) in [7, 11) is 0. The summed E-state index contributed by atoms with van der Waals surface area (Å²) in [5, 5.41) is 3.97. The zero-order chi connectivity index (χ0) is 16.8. The molecule has 24 heavy (non-hydrogen) atoms. The lowest BCUT2D eigenvalue weighted by atomic mass is 10.2. The first-order chi connectivity index (χ1) is 11.7. The van der Waals surface area contributed by atoms with Gasteiger partial charge in [0.1, 0.15) is 0 Å². The molecule has 1 aliphatic heterocycles. The Bertz CT molecular complexity index is 767. The zero-order valence-electron chi connectivity index (χ0n) is 12.7. The molecule has 0 aliphatic carbocycles. The van der Waals surface area contributed by atoms with Crippen molar-refractivity contribution < 1.29 is 14.3 Å². The number of hydrazone groups is 1. The molecule has 1 N–H and O–H groups in total. The number of fused-ring (bicyclic) bond motifs is 1. The van der Waals surface area contributed by atoms with E-state index >= 15 is 0 Å². The maximum Gasteiger partial charge on any atom is 0.250 e. The first-order valence-corrected chi connectivity index (χ1v) is 9.20. The van der Waals surface area contributed by atoms with Gasteiger partial charge in [0.05, 0.1) is 12.0 Å². The van der Waals surface area contributed by atoms with Gasteiger partial charge in [0.15, 0.2) is 11.5 Å². The second-order valence-corrected chi connectivity index (χ2v) is 6.83. The van der Waals surface area contributed by atoms with Crippen molar-refractivity contribution in [2.24, 2.45) is 5.10 Å². The van der Waals surface area contributed by atoms with Crippen LogP contribution in [0, 0.1) is 0 Å². The summed E-state index contributed by atoms with van der Waals surface area (Å²) < 4.78 is 11.6. The molecule has 5 nitrogen and oxygen atoms in total. The molecule has 0 radical (unpaired) electrons. The van der Waals surface area contributed by atoms with Gasteiger partial charge in [0.2, 0.25) is 12.7 Å². The summed E-state index contributed by atoms with van der Waals surface area (Å²) in [4.78, 5) is 11.8. The van der Waals surface area contributed by atoms with Crippen molar-refractivity contribution in [3.63, 3.8) is 0 Å². The van der Waals surface area contributed by atoms with Crippen LogP contribution in [0.1, 0.15) is 11.1 Å². The predicted octanol–water partition coefficient (Wildman–Crippen LogP) is 3.56. The number of carbonyl (C=O) groups is 1. The van der Waals surface area contributed by atoms with Crippen LogP contribution in [0.25, 0.3) is 0 Å². The average Bonchev–Trinajstić information content (AvgIpc) is 3.04. The number of hydrogen-bond acceptors (Lipinski definition) is 5. The molecule has 124 valence electrons. The van der Waals surface area contributed by atoms with Crippen LogP contribution in [0.15, 0.2) is 52.0 Å². The second-order valence-electron chi connectivity index (χ2n) is 4.99. The highest BCUT2D eigenvalue weighted by Crippen LogP contribution is 2.31. The molecule has 0 spiro atoms. The molecule has 0 fully saturated rings. The fourth-order valence-corrected chi connectivity index (χ4v) is 3.51. The molecule has 0 saturated heterocycles. The van der Waals surface area contributed by atoms with E-state index in [1.807, 2.05) is 42.5 Å². The minimum Gasteiger partial charge on any atom is -0.454 e. The molecule has 1 heterocycles. The van der Waals surface area contributed by atoms with Crippen LogP contribution in [-0.2, 0) is 10.5 Å². The first kappa shape index (κ1) is 16.9. The molecule has 0 unspecified atom stereocenters. The molecule has 0 aromatic heterocycles. The van der Waals surface area contributed by atoms with E-state index in [2.05, 4.69) is 26.5 Å². The zero-order valence-corrected chi connectivity index (χ0v) is 15.1. The Labute approximate surface area is 152 Å². The minimum absolute atomic E-state index is 0.135. The van der Waals surface area contributed by atoms with E-state index in [0.717, 1.165) is 21.5 Å². The molecule has 7 heteroatoms. The van der Waals surface area contributed by atoms with Crippen LogP contribution >= 0.6 is 27.7 Å². The van der Waals surface area contributed by atoms with E-state index in [4.69, 9.17) is 9.47 Å². The third-order valence-electron chi connectivity index (χ3n) is 3.25. The Morgan fingerprint density at radius 1 is 1.25 bits per heavy atom. The maximum absolute atomic E-state index is 11.8. The van der Waals surface area contributed by atoms with Gasteiger partial charge in [0, 0.05) is 10.2 Å². The number of rotatable bonds is 6. The highest BCUT2D eigenvalue weighted by Gasteiger charge is 2.12. The summed E-state index contributed by atoms with van der Waals surface area (Å²) in [5.74, 6) is 2.39. The Kier molecular flexibility index (Phi) is 5.77. The number of carbonyl (C=O) groups excluding carboxylic acids is 1. The van der Waals surface area contributed by atoms with Gasteiger partial charge >= 0.3 is 0 Å². The molecular formula is C17H15BrN2O3S. The van der Waals surface area contributed by atoms with Gasteiger partial charge in [-0.25, -0.2) is 5.43 Å². The van der Waals surface area contributed by atoms with Gasteiger partial charge in [-0.3, -0.25) is 4.79 Å². The molecular weight excluding hydrogens is 392 g/mol. The average molecular weight is 407 g/mol. The summed E-state index contributed by atoms with van der Waals surface area (Å²) in [5.41, 5.74) is 4.53. The van der Waals surface area contributed by atoms with Crippen molar-refractivity contribution in [1.82, 2.24) is 5.43 Å². The fraction of sp³-hybridized carbons (Fsp3) is 0.176. The van der Waals surface area contributed by atoms with Gasteiger partial charge in [-0.05, 0) is 35.4 Å². The summed E-state index contributed by atoms with van der Waals surface area (Å²) in [6, 6.07) is 13.5. The lowest BCUT2D eigenvalue weighted by Crippen LogP contribution is -2.19. The van der Waals surface area contributed by atoms with Crippen molar-refractivity contribution in [2.75, 3.05) is 12.5 Å². The summed E-state index contributed by atoms with van der Waals surface area (Å²) >= 11 is 5.03. The Morgan fingerprint density at radius 2 is 2.08 bits per heavy atom. The highest BCUT2D eigenvalue weighted by atomic mass is 79.9. The number of amides is 1. The quantitative estimate of drug-likeness (QED) is 0.588. The molecule has 0 atom stereocenters. The van der Waals surface area contributed by atoms with Gasteiger partial charge in [-0.2, -0.15) is 5.10 Å². The van der Waals surface area contributed by atoms with Gasteiger partial charge < -0.3 is 9.47 Å². The number of thioether (sulfide) groups is 1. The van der Waals surface area contributed by atoms with Crippen molar-refractivity contribution in [2.45, 2.75) is 5.75 Å². The summed E-state index contributed by atoms with van der Waals surface area (Å²) in [6.45, 7) is 0.238. The number of hydrogen-bond donors (Lipinski definition) is 1. The number of benzene rings is 2. The van der Waals surface area contributed by atoms with E-state index in [9.17, 15) is 4.79 Å². The Morgan fingerprint density at radius 3 is 2.96 bits per heavy atom. The van der Waals surface area contributed by atoms with Crippen molar-refractivity contribution in [1.29, 1.82) is 0 Å². The third-order valence-corrected chi connectivity index (χ3v) is 5.00. The van der Waals surface area contributed by atoms with Crippen LogP contribution in [-0.4, -0.2) is 24.7 Å². The maximum atomic E-state index is 11.8. The van der Waals surface area contributed by atoms with Gasteiger partial charge in [0.25, 0.3) is 0 Å². The SMILES string of the molecule is O=C(CSCc1ccccc1Br)NN=Cc1ccc2c(c1)OCO2. The smallest absolute Gasteiger partial charge is 0.250 e.